The van der Waals surface area contributed by atoms with E-state index < -0.39 is 6.04 Å². The number of fused-ring (bicyclic) bond motifs is 1. The highest BCUT2D eigenvalue weighted by molar-refractivity contribution is 6.22. The van der Waals surface area contributed by atoms with Gasteiger partial charge in [-0.3, -0.25) is 14.4 Å². The lowest BCUT2D eigenvalue weighted by Crippen LogP contribution is -2.38. The molecule has 6 heteroatoms. The predicted molar refractivity (Wildman–Crippen MR) is 112 cm³/mol. The highest BCUT2D eigenvalue weighted by atomic mass is 16.2. The van der Waals surface area contributed by atoms with Crippen molar-refractivity contribution < 1.29 is 14.4 Å². The van der Waals surface area contributed by atoms with E-state index in [9.17, 15) is 14.4 Å². The second-order valence-electron chi connectivity index (χ2n) is 7.07. The molecule has 0 bridgehead atoms. The van der Waals surface area contributed by atoms with Gasteiger partial charge in [0.05, 0.1) is 18.2 Å². The maximum atomic E-state index is 12.8. The van der Waals surface area contributed by atoms with E-state index in [4.69, 9.17) is 0 Å². The van der Waals surface area contributed by atoms with Crippen LogP contribution in [0.15, 0.2) is 66.7 Å². The zero-order chi connectivity index (χ0) is 20.4. The number of rotatable bonds is 5. The van der Waals surface area contributed by atoms with Gasteiger partial charge in [-0.15, -0.1) is 0 Å². The maximum absolute atomic E-state index is 12.8. The Bertz CT molecular complexity index is 1090. The van der Waals surface area contributed by atoms with Gasteiger partial charge in [0.2, 0.25) is 11.8 Å². The second-order valence-corrected chi connectivity index (χ2v) is 7.07. The molecule has 1 heterocycles. The number of anilines is 2. The predicted octanol–water partition coefficient (Wildman–Crippen LogP) is 3.22. The van der Waals surface area contributed by atoms with Gasteiger partial charge >= 0.3 is 0 Å². The molecule has 0 spiro atoms. The Morgan fingerprint density at radius 2 is 1.72 bits per heavy atom. The summed E-state index contributed by atoms with van der Waals surface area (Å²) in [6.45, 7) is 1.92. The lowest BCUT2D eigenvalue weighted by molar-refractivity contribution is -0.121. The molecule has 1 atom stereocenters. The number of amides is 3. The molecular weight excluding hydrogens is 366 g/mol. The van der Waals surface area contributed by atoms with Crippen molar-refractivity contribution in [3.8, 4) is 0 Å². The Balaban J connectivity index is 1.47. The molecule has 0 radical (unpaired) electrons. The van der Waals surface area contributed by atoms with Gasteiger partial charge in [0, 0.05) is 19.2 Å². The summed E-state index contributed by atoms with van der Waals surface area (Å²) in [4.78, 5) is 37.7. The summed E-state index contributed by atoms with van der Waals surface area (Å²) in [6.07, 6.45) is 0.122. The second kappa shape index (κ2) is 7.85. The molecule has 1 aliphatic rings. The molecule has 3 aromatic carbocycles. The topological polar surface area (TPSA) is 78.5 Å². The molecule has 0 aromatic heterocycles. The van der Waals surface area contributed by atoms with Crippen LogP contribution in [0.1, 0.15) is 18.9 Å². The van der Waals surface area contributed by atoms with E-state index in [-0.39, 0.29) is 24.1 Å². The number of nitrogens with zero attached hydrogens (tertiary/aromatic N) is 1. The largest absolute Gasteiger partial charge is 0.326 e. The fourth-order valence-electron chi connectivity index (χ4n) is 3.64. The Morgan fingerprint density at radius 3 is 2.48 bits per heavy atom. The molecule has 2 N–H and O–H groups in total. The first kappa shape index (κ1) is 18.8. The summed E-state index contributed by atoms with van der Waals surface area (Å²) in [5.41, 5.74) is 2.20. The molecule has 6 nitrogen and oxygen atoms in total. The van der Waals surface area contributed by atoms with Crippen molar-refractivity contribution in [2.75, 3.05) is 10.2 Å². The number of carbonyl (C=O) groups is 3. The summed E-state index contributed by atoms with van der Waals surface area (Å²) < 4.78 is 0. The Kier molecular flexibility index (Phi) is 5.10. The molecule has 1 fully saturated rings. The monoisotopic (exact) mass is 387 g/mol. The number of carbonyl (C=O) groups excluding carboxylic acids is 3. The molecule has 0 aliphatic carbocycles. The van der Waals surface area contributed by atoms with Crippen LogP contribution in [0.5, 0.6) is 0 Å². The van der Waals surface area contributed by atoms with Crippen LogP contribution in [0.2, 0.25) is 0 Å². The van der Waals surface area contributed by atoms with Crippen LogP contribution < -0.4 is 15.5 Å². The quantitative estimate of drug-likeness (QED) is 0.659. The Hall–Kier alpha value is -3.51. The van der Waals surface area contributed by atoms with E-state index in [0.29, 0.717) is 17.9 Å². The van der Waals surface area contributed by atoms with Crippen LogP contribution in [-0.2, 0) is 20.9 Å². The van der Waals surface area contributed by atoms with Gasteiger partial charge in [-0.25, -0.2) is 4.90 Å². The maximum Gasteiger partial charge on any atom is 0.251 e. The smallest absolute Gasteiger partial charge is 0.251 e. The lowest BCUT2D eigenvalue weighted by atomic mass is 10.0. The third-order valence-electron chi connectivity index (χ3n) is 5.01. The number of benzene rings is 3. The van der Waals surface area contributed by atoms with Crippen LogP contribution in [0.3, 0.4) is 0 Å². The Labute approximate surface area is 168 Å². The fourth-order valence-corrected chi connectivity index (χ4v) is 3.64. The van der Waals surface area contributed by atoms with Crippen molar-refractivity contribution in [1.29, 1.82) is 0 Å². The molecule has 0 saturated carbocycles. The molecule has 1 saturated heterocycles. The third kappa shape index (κ3) is 3.88. The summed E-state index contributed by atoms with van der Waals surface area (Å²) in [5.74, 6) is -0.677. The average Bonchev–Trinajstić information content (AvgIpc) is 3.00. The molecule has 29 heavy (non-hydrogen) atoms. The van der Waals surface area contributed by atoms with E-state index in [1.165, 1.54) is 11.8 Å². The van der Waals surface area contributed by atoms with Crippen LogP contribution in [0, 0.1) is 0 Å². The molecule has 1 aliphatic heterocycles. The lowest BCUT2D eigenvalue weighted by Gasteiger charge is -2.16. The van der Waals surface area contributed by atoms with Crippen LogP contribution in [0.25, 0.3) is 10.8 Å². The van der Waals surface area contributed by atoms with E-state index in [0.717, 1.165) is 16.3 Å². The van der Waals surface area contributed by atoms with Gasteiger partial charge in [-0.2, -0.15) is 0 Å². The van der Waals surface area contributed by atoms with E-state index in [2.05, 4.69) is 28.8 Å². The van der Waals surface area contributed by atoms with Gasteiger partial charge in [-0.1, -0.05) is 42.5 Å². The summed E-state index contributed by atoms with van der Waals surface area (Å²) in [5, 5.41) is 8.18. The molecule has 4 rings (SSSR count). The average molecular weight is 387 g/mol. The highest BCUT2D eigenvalue weighted by Gasteiger charge is 2.39. The fraction of sp³-hybridized carbons (Fsp3) is 0.174. The Morgan fingerprint density at radius 1 is 1.00 bits per heavy atom. The zero-order valence-corrected chi connectivity index (χ0v) is 16.0. The molecule has 146 valence electrons. The van der Waals surface area contributed by atoms with E-state index >= 15 is 0 Å². The SMILES string of the molecule is CC(=O)Nc1ccc(N2C(=O)C[C@H](NCc3cccc4ccccc34)C2=O)cc1. The van der Waals surface area contributed by atoms with Crippen LogP contribution in [0.4, 0.5) is 11.4 Å². The highest BCUT2D eigenvalue weighted by Crippen LogP contribution is 2.25. The van der Waals surface area contributed by atoms with Gasteiger partial charge in [0.25, 0.3) is 5.91 Å². The first-order valence-corrected chi connectivity index (χ1v) is 9.47. The van der Waals surface area contributed by atoms with Crippen molar-refractivity contribution >= 4 is 39.9 Å². The number of nitrogens with one attached hydrogen (secondary N) is 2. The summed E-state index contributed by atoms with van der Waals surface area (Å²) >= 11 is 0. The molecule has 0 unspecified atom stereocenters. The van der Waals surface area contributed by atoms with Gasteiger partial charge in [-0.05, 0) is 40.6 Å². The minimum atomic E-state index is -0.559. The summed E-state index contributed by atoms with van der Waals surface area (Å²) in [6, 6.07) is 20.3. The van der Waals surface area contributed by atoms with Crippen molar-refractivity contribution in [3.63, 3.8) is 0 Å². The van der Waals surface area contributed by atoms with Crippen molar-refractivity contribution in [1.82, 2.24) is 5.32 Å². The standard InChI is InChI=1S/C23H21N3O3/c1-15(27)25-18-9-11-19(12-10-18)26-22(28)13-21(23(26)29)24-14-17-7-4-6-16-5-2-3-8-20(16)17/h2-12,21,24H,13-14H2,1H3,(H,25,27)/t21-/m0/s1. The van der Waals surface area contributed by atoms with Crippen LogP contribution >= 0.6 is 0 Å². The van der Waals surface area contributed by atoms with Crippen molar-refractivity contribution in [2.45, 2.75) is 25.9 Å². The van der Waals surface area contributed by atoms with E-state index in [1.807, 2.05) is 24.3 Å². The first-order chi connectivity index (χ1) is 14.0. The first-order valence-electron chi connectivity index (χ1n) is 9.47. The molecule has 3 amide bonds. The number of hydrogen-bond donors (Lipinski definition) is 2. The minimum absolute atomic E-state index is 0.122. The normalized spacial score (nSPS) is 16.4. The van der Waals surface area contributed by atoms with E-state index in [1.54, 1.807) is 24.3 Å². The van der Waals surface area contributed by atoms with Gasteiger partial charge in [0.1, 0.15) is 0 Å². The van der Waals surface area contributed by atoms with Gasteiger partial charge in [0.15, 0.2) is 0 Å². The summed E-state index contributed by atoms with van der Waals surface area (Å²) in [7, 11) is 0. The number of imide groups is 1. The number of hydrogen-bond acceptors (Lipinski definition) is 4. The van der Waals surface area contributed by atoms with Crippen molar-refractivity contribution in [2.24, 2.45) is 0 Å². The van der Waals surface area contributed by atoms with Gasteiger partial charge < -0.3 is 10.6 Å². The van der Waals surface area contributed by atoms with Crippen molar-refractivity contribution in [3.05, 3.63) is 72.3 Å². The minimum Gasteiger partial charge on any atom is -0.326 e. The molecular formula is C23H21N3O3. The third-order valence-corrected chi connectivity index (χ3v) is 5.01. The molecule has 3 aromatic rings. The van der Waals surface area contributed by atoms with Crippen LogP contribution in [-0.4, -0.2) is 23.8 Å². The zero-order valence-electron chi connectivity index (χ0n) is 16.0.